The summed E-state index contributed by atoms with van der Waals surface area (Å²) in [6.07, 6.45) is 2.09. The van der Waals surface area contributed by atoms with Crippen LogP contribution in [0.25, 0.3) is 27.8 Å². The van der Waals surface area contributed by atoms with Gasteiger partial charge in [-0.15, -0.1) is 0 Å². The molecule has 7 nitrogen and oxygen atoms in total. The lowest BCUT2D eigenvalue weighted by atomic mass is 10.1. The fourth-order valence-electron chi connectivity index (χ4n) is 2.47. The summed E-state index contributed by atoms with van der Waals surface area (Å²) in [5.41, 5.74) is 2.84. The first kappa shape index (κ1) is 15.4. The van der Waals surface area contributed by atoms with Crippen molar-refractivity contribution in [2.75, 3.05) is 5.32 Å². The molecule has 4 aromatic rings. The highest BCUT2D eigenvalue weighted by molar-refractivity contribution is 5.93. The van der Waals surface area contributed by atoms with Crippen LogP contribution < -0.4 is 5.32 Å². The fourth-order valence-corrected chi connectivity index (χ4v) is 2.47. The highest BCUT2D eigenvalue weighted by Gasteiger charge is 2.36. The van der Waals surface area contributed by atoms with E-state index in [4.69, 9.17) is 0 Å². The monoisotopic (exact) mass is 347 g/mol. The number of aromatic amines is 1. The lowest BCUT2D eigenvalue weighted by molar-refractivity contribution is -0.138. The molecule has 1 atom stereocenters. The molecule has 0 spiro atoms. The topological polar surface area (TPSA) is 83.8 Å². The van der Waals surface area contributed by atoms with E-state index < -0.39 is 12.2 Å². The summed E-state index contributed by atoms with van der Waals surface area (Å²) in [7, 11) is 0. The van der Waals surface area contributed by atoms with E-state index >= 15 is 0 Å². The van der Waals surface area contributed by atoms with Gasteiger partial charge in [0.05, 0.1) is 0 Å². The summed E-state index contributed by atoms with van der Waals surface area (Å²) < 4.78 is 39.5. The van der Waals surface area contributed by atoms with E-state index in [0.717, 1.165) is 18.1 Å². The molecule has 0 aromatic carbocycles. The Kier molecular flexibility index (Phi) is 3.34. The third kappa shape index (κ3) is 2.75. The quantitative estimate of drug-likeness (QED) is 0.595. The average Bonchev–Trinajstić information content (AvgIpc) is 3.19. The average molecular weight is 347 g/mol. The Morgan fingerprint density at radius 1 is 1.28 bits per heavy atom. The van der Waals surface area contributed by atoms with Crippen LogP contribution >= 0.6 is 0 Å². The van der Waals surface area contributed by atoms with Gasteiger partial charge in [0.15, 0.2) is 5.65 Å². The SMILES string of the molecule is C[C@H](Nc1ncc2c(-c3ccn4ncnc4c3)c[nH]c2n1)C(F)(F)F. The molecule has 4 heterocycles. The summed E-state index contributed by atoms with van der Waals surface area (Å²) >= 11 is 0. The Labute approximate surface area is 138 Å². The van der Waals surface area contributed by atoms with Crippen molar-refractivity contribution in [2.45, 2.75) is 19.1 Å². The van der Waals surface area contributed by atoms with Crippen LogP contribution in [0.1, 0.15) is 6.92 Å². The summed E-state index contributed by atoms with van der Waals surface area (Å²) in [4.78, 5) is 15.2. The zero-order valence-electron chi connectivity index (χ0n) is 12.9. The molecule has 0 amide bonds. The second-order valence-corrected chi connectivity index (χ2v) is 5.54. The van der Waals surface area contributed by atoms with E-state index in [0.29, 0.717) is 16.7 Å². The first-order valence-corrected chi connectivity index (χ1v) is 7.39. The van der Waals surface area contributed by atoms with Crippen molar-refractivity contribution in [2.24, 2.45) is 0 Å². The number of hydrogen-bond acceptors (Lipinski definition) is 5. The Hall–Kier alpha value is -3.17. The number of hydrogen-bond donors (Lipinski definition) is 2. The van der Waals surface area contributed by atoms with Crippen molar-refractivity contribution in [3.8, 4) is 11.1 Å². The van der Waals surface area contributed by atoms with Crippen molar-refractivity contribution in [3.63, 3.8) is 0 Å². The molecular formula is C15H12F3N7. The third-order valence-corrected chi connectivity index (χ3v) is 3.86. The minimum absolute atomic E-state index is 0.0846. The lowest BCUT2D eigenvalue weighted by Gasteiger charge is -2.16. The number of halogens is 3. The van der Waals surface area contributed by atoms with Crippen LogP contribution in [-0.4, -0.2) is 41.8 Å². The van der Waals surface area contributed by atoms with Gasteiger partial charge in [-0.25, -0.2) is 14.5 Å². The van der Waals surface area contributed by atoms with Crippen molar-refractivity contribution in [1.82, 2.24) is 29.5 Å². The number of H-pyrrole nitrogens is 1. The van der Waals surface area contributed by atoms with Gasteiger partial charge in [-0.3, -0.25) is 0 Å². The summed E-state index contributed by atoms with van der Waals surface area (Å²) in [6, 6.07) is 1.98. The van der Waals surface area contributed by atoms with Crippen molar-refractivity contribution >= 4 is 22.6 Å². The predicted octanol–water partition coefficient (Wildman–Crippen LogP) is 3.03. The second-order valence-electron chi connectivity index (χ2n) is 5.54. The van der Waals surface area contributed by atoms with Gasteiger partial charge in [0.25, 0.3) is 0 Å². The molecule has 128 valence electrons. The maximum Gasteiger partial charge on any atom is 0.408 e. The van der Waals surface area contributed by atoms with Crippen LogP contribution in [0.2, 0.25) is 0 Å². The fraction of sp³-hybridized carbons (Fsp3) is 0.200. The smallest absolute Gasteiger partial charge is 0.345 e. The maximum atomic E-state index is 12.6. The van der Waals surface area contributed by atoms with Crippen molar-refractivity contribution < 1.29 is 13.2 Å². The number of nitrogens with zero attached hydrogens (tertiary/aromatic N) is 5. The van der Waals surface area contributed by atoms with Crippen LogP contribution in [0.15, 0.2) is 37.1 Å². The van der Waals surface area contributed by atoms with E-state index in [1.807, 2.05) is 12.1 Å². The predicted molar refractivity (Wildman–Crippen MR) is 85.0 cm³/mol. The first-order chi connectivity index (χ1) is 11.9. The Morgan fingerprint density at radius 3 is 2.92 bits per heavy atom. The molecule has 0 bridgehead atoms. The number of alkyl halides is 3. The molecular weight excluding hydrogens is 335 g/mol. The highest BCUT2D eigenvalue weighted by Crippen LogP contribution is 2.29. The van der Waals surface area contributed by atoms with E-state index in [9.17, 15) is 13.2 Å². The summed E-state index contributed by atoms with van der Waals surface area (Å²) in [6.45, 7) is 1.02. The van der Waals surface area contributed by atoms with Crippen molar-refractivity contribution in [3.05, 3.63) is 37.1 Å². The molecule has 2 N–H and O–H groups in total. The molecule has 0 aliphatic heterocycles. The molecule has 4 aromatic heterocycles. The molecule has 10 heteroatoms. The van der Waals surface area contributed by atoms with E-state index in [-0.39, 0.29) is 5.95 Å². The first-order valence-electron chi connectivity index (χ1n) is 7.39. The molecule has 0 unspecified atom stereocenters. The molecule has 25 heavy (non-hydrogen) atoms. The zero-order valence-corrected chi connectivity index (χ0v) is 12.9. The van der Waals surface area contributed by atoms with Crippen LogP contribution in [0.4, 0.5) is 19.1 Å². The standard InChI is InChI=1S/C15H12F3N7/c1-8(15(16,17)18)23-14-20-6-11-10(5-19-13(11)24-14)9-2-3-25-12(4-9)21-7-22-25/h2-8H,1H3,(H2,19,20,23,24)/t8-/m0/s1. The minimum Gasteiger partial charge on any atom is -0.345 e. The van der Waals surface area contributed by atoms with E-state index in [2.05, 4.69) is 30.4 Å². The molecule has 0 aliphatic carbocycles. The molecule has 0 saturated carbocycles. The lowest BCUT2D eigenvalue weighted by Crippen LogP contribution is -2.33. The number of rotatable bonds is 3. The number of aromatic nitrogens is 6. The third-order valence-electron chi connectivity index (χ3n) is 3.86. The minimum atomic E-state index is -4.37. The Morgan fingerprint density at radius 2 is 2.12 bits per heavy atom. The second kappa shape index (κ2) is 5.43. The van der Waals surface area contributed by atoms with Crippen LogP contribution in [0, 0.1) is 0 Å². The molecule has 0 radical (unpaired) electrons. The van der Waals surface area contributed by atoms with Crippen molar-refractivity contribution in [1.29, 1.82) is 0 Å². The molecule has 0 saturated heterocycles. The van der Waals surface area contributed by atoms with Gasteiger partial charge in [-0.1, -0.05) is 0 Å². The zero-order chi connectivity index (χ0) is 17.6. The molecule has 0 fully saturated rings. The van der Waals surface area contributed by atoms with Crippen LogP contribution in [-0.2, 0) is 0 Å². The summed E-state index contributed by atoms with van der Waals surface area (Å²) in [5, 5.41) is 6.99. The number of fused-ring (bicyclic) bond motifs is 2. The van der Waals surface area contributed by atoms with E-state index in [1.54, 1.807) is 16.9 Å². The number of nitrogens with one attached hydrogen (secondary N) is 2. The van der Waals surface area contributed by atoms with Crippen LogP contribution in [0.3, 0.4) is 0 Å². The highest BCUT2D eigenvalue weighted by atomic mass is 19.4. The Bertz CT molecular complexity index is 1050. The Balaban J connectivity index is 1.70. The van der Waals surface area contributed by atoms with Gasteiger partial charge in [0.2, 0.25) is 5.95 Å². The van der Waals surface area contributed by atoms with Crippen LogP contribution in [0.5, 0.6) is 0 Å². The van der Waals surface area contributed by atoms with Gasteiger partial charge >= 0.3 is 6.18 Å². The van der Waals surface area contributed by atoms with Gasteiger partial charge in [-0.2, -0.15) is 23.3 Å². The van der Waals surface area contributed by atoms with Gasteiger partial charge < -0.3 is 10.3 Å². The van der Waals surface area contributed by atoms with Gasteiger partial charge in [0.1, 0.15) is 18.0 Å². The number of anilines is 1. The summed E-state index contributed by atoms with van der Waals surface area (Å²) in [5.74, 6) is -0.0846. The normalized spacial score (nSPS) is 13.4. The number of pyridine rings is 1. The molecule has 4 rings (SSSR count). The van der Waals surface area contributed by atoms with E-state index in [1.165, 1.54) is 12.5 Å². The molecule has 0 aliphatic rings. The van der Waals surface area contributed by atoms with Gasteiger partial charge in [-0.05, 0) is 24.6 Å². The largest absolute Gasteiger partial charge is 0.408 e. The maximum absolute atomic E-state index is 12.6. The van der Waals surface area contributed by atoms with Gasteiger partial charge in [0, 0.05) is 29.5 Å².